The molecule has 0 saturated heterocycles. The summed E-state index contributed by atoms with van der Waals surface area (Å²) in [4.78, 5) is 12.5. The van der Waals surface area contributed by atoms with Crippen LogP contribution in [0.5, 0.6) is 0 Å². The number of thiophene rings is 1. The first-order valence-electron chi connectivity index (χ1n) is 8.08. The maximum absolute atomic E-state index is 13.1. The SMILES string of the molecule is Cc1cc(C(F)(F)F)nc2sc3c(ncn4nc(-c5ccnn5C(F)F)nc34)c12. The van der Waals surface area contributed by atoms with Crippen LogP contribution < -0.4 is 0 Å². The molecule has 0 bridgehead atoms. The summed E-state index contributed by atoms with van der Waals surface area (Å²) in [6.07, 6.45) is -2.04. The van der Waals surface area contributed by atoms with Crippen molar-refractivity contribution in [2.45, 2.75) is 19.6 Å². The number of aromatic nitrogens is 7. The Kier molecular flexibility index (Phi) is 3.62. The highest BCUT2D eigenvalue weighted by molar-refractivity contribution is 7.26. The fourth-order valence-corrected chi connectivity index (χ4v) is 4.29. The monoisotopic (exact) mass is 425 g/mol. The van der Waals surface area contributed by atoms with Crippen molar-refractivity contribution >= 4 is 37.4 Å². The summed E-state index contributed by atoms with van der Waals surface area (Å²) in [6.45, 7) is -1.32. The Labute approximate surface area is 161 Å². The molecule has 0 atom stereocenters. The van der Waals surface area contributed by atoms with Gasteiger partial charge in [0.2, 0.25) is 5.82 Å². The molecular formula is C16H8F5N7S. The Morgan fingerprint density at radius 2 is 1.97 bits per heavy atom. The van der Waals surface area contributed by atoms with Crippen molar-refractivity contribution < 1.29 is 22.0 Å². The van der Waals surface area contributed by atoms with Crippen LogP contribution in [0.15, 0.2) is 24.7 Å². The first kappa shape index (κ1) is 17.8. The largest absolute Gasteiger partial charge is 0.433 e. The topological polar surface area (TPSA) is 73.8 Å². The molecule has 13 heteroatoms. The Morgan fingerprint density at radius 1 is 1.17 bits per heavy atom. The van der Waals surface area contributed by atoms with Crippen molar-refractivity contribution in [3.05, 3.63) is 35.9 Å². The fourth-order valence-electron chi connectivity index (χ4n) is 3.11. The molecule has 5 heterocycles. The lowest BCUT2D eigenvalue weighted by atomic mass is 10.1. The molecule has 0 aromatic carbocycles. The molecule has 0 saturated carbocycles. The summed E-state index contributed by atoms with van der Waals surface area (Å²) in [5, 5.41) is 8.19. The van der Waals surface area contributed by atoms with Crippen LogP contribution in [0.4, 0.5) is 22.0 Å². The zero-order valence-corrected chi connectivity index (χ0v) is 15.1. The van der Waals surface area contributed by atoms with Gasteiger partial charge in [-0.1, -0.05) is 0 Å². The van der Waals surface area contributed by atoms with E-state index >= 15 is 0 Å². The quantitative estimate of drug-likeness (QED) is 0.390. The molecule has 0 aliphatic carbocycles. The standard InChI is InChI=1S/C16H8F5N7S/c1-6-4-8(16(19,20)21)24-14-9(6)10-11(29-14)13-25-12(26-27(13)5-22-10)7-2-3-23-28(7)15(17)18/h2-5,15H,1H3. The number of hydrogen-bond acceptors (Lipinski definition) is 6. The van der Waals surface area contributed by atoms with Gasteiger partial charge in [0.1, 0.15) is 27.2 Å². The summed E-state index contributed by atoms with van der Waals surface area (Å²) >= 11 is 0.989. The lowest BCUT2D eigenvalue weighted by Crippen LogP contribution is -2.07. The van der Waals surface area contributed by atoms with Crippen molar-refractivity contribution in [2.75, 3.05) is 0 Å². The van der Waals surface area contributed by atoms with Gasteiger partial charge in [-0.05, 0) is 24.6 Å². The van der Waals surface area contributed by atoms with Crippen LogP contribution in [0.3, 0.4) is 0 Å². The number of aryl methyl sites for hydroxylation is 1. The van der Waals surface area contributed by atoms with Crippen LogP contribution in [0.1, 0.15) is 17.8 Å². The number of hydrogen-bond donors (Lipinski definition) is 0. The lowest BCUT2D eigenvalue weighted by molar-refractivity contribution is -0.141. The van der Waals surface area contributed by atoms with E-state index in [1.54, 1.807) is 6.92 Å². The van der Waals surface area contributed by atoms with Crippen molar-refractivity contribution in [3.8, 4) is 11.5 Å². The van der Waals surface area contributed by atoms with Gasteiger partial charge >= 0.3 is 12.7 Å². The van der Waals surface area contributed by atoms with E-state index in [-0.39, 0.29) is 22.0 Å². The minimum atomic E-state index is -4.58. The molecule has 0 unspecified atom stereocenters. The highest BCUT2D eigenvalue weighted by Gasteiger charge is 2.33. The summed E-state index contributed by atoms with van der Waals surface area (Å²) in [5.41, 5.74) is 0.0983. The third-order valence-corrected chi connectivity index (χ3v) is 5.41. The summed E-state index contributed by atoms with van der Waals surface area (Å²) in [5.74, 6) is -0.00443. The maximum atomic E-state index is 13.1. The third-order valence-electron chi connectivity index (χ3n) is 4.34. The smallest absolute Gasteiger partial charge is 0.234 e. The summed E-state index contributed by atoms with van der Waals surface area (Å²) in [6, 6.07) is 2.31. The molecule has 0 amide bonds. The molecule has 0 aliphatic heterocycles. The Morgan fingerprint density at radius 3 is 2.69 bits per heavy atom. The number of pyridine rings is 1. The first-order valence-corrected chi connectivity index (χ1v) is 8.90. The maximum Gasteiger partial charge on any atom is 0.433 e. The van der Waals surface area contributed by atoms with E-state index in [0.29, 0.717) is 25.8 Å². The molecular weight excluding hydrogens is 417 g/mol. The molecule has 0 N–H and O–H groups in total. The molecule has 29 heavy (non-hydrogen) atoms. The predicted octanol–water partition coefficient (Wildman–Crippen LogP) is 4.47. The van der Waals surface area contributed by atoms with E-state index in [0.717, 1.165) is 17.4 Å². The van der Waals surface area contributed by atoms with Gasteiger partial charge in [-0.15, -0.1) is 16.4 Å². The van der Waals surface area contributed by atoms with Crippen molar-refractivity contribution in [3.63, 3.8) is 0 Å². The van der Waals surface area contributed by atoms with Gasteiger partial charge in [-0.25, -0.2) is 24.1 Å². The number of halogens is 5. The Balaban J connectivity index is 1.78. The van der Waals surface area contributed by atoms with E-state index in [4.69, 9.17) is 0 Å². The van der Waals surface area contributed by atoms with E-state index in [2.05, 4.69) is 25.1 Å². The van der Waals surface area contributed by atoms with Gasteiger partial charge in [0.15, 0.2) is 5.65 Å². The number of fused-ring (bicyclic) bond motifs is 5. The zero-order chi connectivity index (χ0) is 20.5. The van der Waals surface area contributed by atoms with Gasteiger partial charge in [-0.3, -0.25) is 0 Å². The van der Waals surface area contributed by atoms with Crippen LogP contribution in [0.25, 0.3) is 37.6 Å². The average Bonchev–Trinajstić information content (AvgIpc) is 3.35. The van der Waals surface area contributed by atoms with E-state index < -0.39 is 18.4 Å². The van der Waals surface area contributed by atoms with Crippen molar-refractivity contribution in [2.24, 2.45) is 0 Å². The Bertz CT molecular complexity index is 1400. The highest BCUT2D eigenvalue weighted by atomic mass is 32.1. The average molecular weight is 425 g/mol. The first-order chi connectivity index (χ1) is 13.7. The van der Waals surface area contributed by atoms with E-state index in [1.165, 1.54) is 23.1 Å². The number of nitrogens with zero attached hydrogens (tertiary/aromatic N) is 7. The van der Waals surface area contributed by atoms with Crippen LogP contribution in [-0.2, 0) is 6.18 Å². The van der Waals surface area contributed by atoms with Crippen LogP contribution >= 0.6 is 11.3 Å². The molecule has 5 rings (SSSR count). The van der Waals surface area contributed by atoms with Crippen LogP contribution in [-0.4, -0.2) is 34.3 Å². The summed E-state index contributed by atoms with van der Waals surface area (Å²) in [7, 11) is 0. The summed E-state index contributed by atoms with van der Waals surface area (Å²) < 4.78 is 67.7. The molecule has 7 nitrogen and oxygen atoms in total. The highest BCUT2D eigenvalue weighted by Crippen LogP contribution is 2.38. The molecule has 0 aliphatic rings. The van der Waals surface area contributed by atoms with Crippen LogP contribution in [0.2, 0.25) is 0 Å². The predicted molar refractivity (Wildman–Crippen MR) is 93.7 cm³/mol. The van der Waals surface area contributed by atoms with Crippen molar-refractivity contribution in [1.82, 2.24) is 34.3 Å². The molecule has 148 valence electrons. The van der Waals surface area contributed by atoms with Gasteiger partial charge in [0, 0.05) is 11.6 Å². The number of alkyl halides is 5. The zero-order valence-electron chi connectivity index (χ0n) is 14.3. The Hall–Kier alpha value is -3.22. The van der Waals surface area contributed by atoms with Crippen molar-refractivity contribution in [1.29, 1.82) is 0 Å². The molecule has 0 fully saturated rings. The van der Waals surface area contributed by atoms with Gasteiger partial charge in [-0.2, -0.15) is 27.1 Å². The molecule has 0 radical (unpaired) electrons. The van der Waals surface area contributed by atoms with Gasteiger partial charge in [0.05, 0.1) is 5.52 Å². The minimum Gasteiger partial charge on any atom is -0.234 e. The molecule has 5 aromatic heterocycles. The van der Waals surface area contributed by atoms with Gasteiger partial charge < -0.3 is 0 Å². The second-order valence-corrected chi connectivity index (χ2v) is 7.17. The minimum absolute atomic E-state index is 0.00443. The fraction of sp³-hybridized carbons (Fsp3) is 0.188. The second-order valence-electron chi connectivity index (χ2n) is 6.17. The lowest BCUT2D eigenvalue weighted by Gasteiger charge is -2.06. The van der Waals surface area contributed by atoms with Gasteiger partial charge in [0.25, 0.3) is 0 Å². The van der Waals surface area contributed by atoms with E-state index in [9.17, 15) is 22.0 Å². The molecule has 0 spiro atoms. The second kappa shape index (κ2) is 5.89. The third kappa shape index (κ3) is 2.64. The normalized spacial score (nSPS) is 12.8. The van der Waals surface area contributed by atoms with Crippen LogP contribution in [0, 0.1) is 6.92 Å². The molecule has 5 aromatic rings. The number of rotatable bonds is 2. The van der Waals surface area contributed by atoms with E-state index in [1.807, 2.05) is 0 Å².